The second kappa shape index (κ2) is 4.88. The predicted octanol–water partition coefficient (Wildman–Crippen LogP) is 2.94. The standard InChI is InChI=1S/C17H18N2O2/c1-12-7-6-10-17(2,11-12)19-14(15(20)18-16(19)21)13-8-4-3-5-9-13/h3-9,11,14H,10H2,1-2H3,(H,18,20,21). The lowest BCUT2D eigenvalue weighted by atomic mass is 9.87. The summed E-state index contributed by atoms with van der Waals surface area (Å²) in [5.41, 5.74) is 1.45. The molecule has 1 fully saturated rings. The van der Waals surface area contributed by atoms with E-state index in [0.717, 1.165) is 11.1 Å². The quantitative estimate of drug-likeness (QED) is 0.848. The number of nitrogens with one attached hydrogen (secondary N) is 1. The zero-order valence-electron chi connectivity index (χ0n) is 12.2. The van der Waals surface area contributed by atoms with Gasteiger partial charge >= 0.3 is 6.03 Å². The van der Waals surface area contributed by atoms with E-state index in [1.54, 1.807) is 4.90 Å². The average Bonchev–Trinajstić information content (AvgIpc) is 2.75. The first-order chi connectivity index (χ1) is 10.0. The van der Waals surface area contributed by atoms with Gasteiger partial charge in [-0.25, -0.2) is 4.79 Å². The Hall–Kier alpha value is -2.36. The van der Waals surface area contributed by atoms with Gasteiger partial charge in [0.05, 0.1) is 5.54 Å². The summed E-state index contributed by atoms with van der Waals surface area (Å²) < 4.78 is 0. The molecule has 1 aromatic rings. The van der Waals surface area contributed by atoms with Crippen LogP contribution >= 0.6 is 0 Å². The maximum Gasteiger partial charge on any atom is 0.325 e. The van der Waals surface area contributed by atoms with Gasteiger partial charge in [-0.15, -0.1) is 0 Å². The van der Waals surface area contributed by atoms with E-state index in [2.05, 4.69) is 11.4 Å². The molecule has 0 saturated carbocycles. The van der Waals surface area contributed by atoms with Crippen LogP contribution in [0.4, 0.5) is 4.79 Å². The topological polar surface area (TPSA) is 49.4 Å². The molecule has 2 aliphatic rings. The average molecular weight is 282 g/mol. The maximum atomic E-state index is 12.3. The number of imide groups is 1. The van der Waals surface area contributed by atoms with Crippen LogP contribution in [0.2, 0.25) is 0 Å². The minimum atomic E-state index is -0.570. The van der Waals surface area contributed by atoms with Gasteiger partial charge in [0, 0.05) is 0 Å². The maximum absolute atomic E-state index is 12.3. The summed E-state index contributed by atoms with van der Waals surface area (Å²) in [6.07, 6.45) is 6.85. The van der Waals surface area contributed by atoms with E-state index >= 15 is 0 Å². The Morgan fingerprint density at radius 1 is 1.24 bits per heavy atom. The summed E-state index contributed by atoms with van der Waals surface area (Å²) in [6, 6.07) is 8.54. The Kier molecular flexibility index (Phi) is 3.16. The molecule has 0 spiro atoms. The Bertz CT molecular complexity index is 648. The highest BCUT2D eigenvalue weighted by Crippen LogP contribution is 2.37. The molecule has 0 radical (unpaired) electrons. The number of amides is 3. The molecule has 0 aromatic heterocycles. The minimum Gasteiger partial charge on any atom is -0.299 e. The third-order valence-electron chi connectivity index (χ3n) is 4.07. The number of carbonyl (C=O) groups excluding carboxylic acids is 2. The van der Waals surface area contributed by atoms with E-state index in [1.165, 1.54) is 0 Å². The van der Waals surface area contributed by atoms with Crippen molar-refractivity contribution in [1.82, 2.24) is 10.2 Å². The van der Waals surface area contributed by atoms with Gasteiger partial charge < -0.3 is 0 Å². The van der Waals surface area contributed by atoms with Gasteiger partial charge in [0.1, 0.15) is 6.04 Å². The van der Waals surface area contributed by atoms with E-state index in [1.807, 2.05) is 56.3 Å². The highest BCUT2D eigenvalue weighted by molar-refractivity contribution is 6.05. The molecule has 21 heavy (non-hydrogen) atoms. The van der Waals surface area contributed by atoms with E-state index in [4.69, 9.17) is 0 Å². The first-order valence-electron chi connectivity index (χ1n) is 7.06. The van der Waals surface area contributed by atoms with Crippen LogP contribution in [0, 0.1) is 0 Å². The Morgan fingerprint density at radius 3 is 2.62 bits per heavy atom. The summed E-state index contributed by atoms with van der Waals surface area (Å²) >= 11 is 0. The molecule has 1 aliphatic carbocycles. The molecule has 2 unspecified atom stereocenters. The summed E-state index contributed by atoms with van der Waals surface area (Å²) in [4.78, 5) is 26.2. The first-order valence-corrected chi connectivity index (χ1v) is 7.06. The van der Waals surface area contributed by atoms with E-state index in [-0.39, 0.29) is 11.9 Å². The summed E-state index contributed by atoms with van der Waals surface area (Å²) in [6.45, 7) is 4.00. The zero-order valence-corrected chi connectivity index (χ0v) is 12.2. The lowest BCUT2D eigenvalue weighted by molar-refractivity contribution is -0.122. The molecule has 3 rings (SSSR count). The van der Waals surface area contributed by atoms with Crippen LogP contribution in [-0.2, 0) is 4.79 Å². The fourth-order valence-corrected chi connectivity index (χ4v) is 3.18. The van der Waals surface area contributed by atoms with Crippen molar-refractivity contribution in [3.63, 3.8) is 0 Å². The van der Waals surface area contributed by atoms with Crippen LogP contribution < -0.4 is 5.32 Å². The smallest absolute Gasteiger partial charge is 0.299 e. The number of nitrogens with zero attached hydrogens (tertiary/aromatic N) is 1. The van der Waals surface area contributed by atoms with Gasteiger partial charge in [-0.2, -0.15) is 0 Å². The van der Waals surface area contributed by atoms with Crippen LogP contribution in [0.5, 0.6) is 0 Å². The van der Waals surface area contributed by atoms with Crippen molar-refractivity contribution in [2.75, 3.05) is 0 Å². The number of carbonyl (C=O) groups is 2. The number of benzene rings is 1. The van der Waals surface area contributed by atoms with Crippen molar-refractivity contribution in [3.8, 4) is 0 Å². The van der Waals surface area contributed by atoms with Crippen molar-refractivity contribution in [2.45, 2.75) is 31.8 Å². The zero-order chi connectivity index (χ0) is 15.0. The first kappa shape index (κ1) is 13.6. The summed E-state index contributed by atoms with van der Waals surface area (Å²) in [5, 5.41) is 2.45. The number of hydrogen-bond acceptors (Lipinski definition) is 2. The molecule has 1 aromatic carbocycles. The molecule has 1 aliphatic heterocycles. The molecule has 1 N–H and O–H groups in total. The fourth-order valence-electron chi connectivity index (χ4n) is 3.18. The molecule has 1 saturated heterocycles. The van der Waals surface area contributed by atoms with Crippen LogP contribution in [0.15, 0.2) is 54.1 Å². The van der Waals surface area contributed by atoms with Gasteiger partial charge in [-0.3, -0.25) is 15.0 Å². The van der Waals surface area contributed by atoms with Crippen LogP contribution in [-0.4, -0.2) is 22.4 Å². The largest absolute Gasteiger partial charge is 0.325 e. The Morgan fingerprint density at radius 2 is 1.95 bits per heavy atom. The van der Waals surface area contributed by atoms with Gasteiger partial charge in [-0.05, 0) is 25.8 Å². The lowest BCUT2D eigenvalue weighted by Gasteiger charge is -2.40. The molecule has 3 amide bonds. The van der Waals surface area contributed by atoms with Crippen molar-refractivity contribution in [3.05, 3.63) is 59.7 Å². The van der Waals surface area contributed by atoms with Crippen LogP contribution in [0.25, 0.3) is 0 Å². The lowest BCUT2D eigenvalue weighted by Crippen LogP contribution is -2.48. The Balaban J connectivity index is 2.05. The molecule has 108 valence electrons. The monoisotopic (exact) mass is 282 g/mol. The number of allylic oxidation sites excluding steroid dienone is 2. The van der Waals surface area contributed by atoms with Crippen LogP contribution in [0.1, 0.15) is 31.9 Å². The molecule has 4 heteroatoms. The molecule has 1 heterocycles. The minimum absolute atomic E-state index is 0.256. The van der Waals surface area contributed by atoms with Crippen molar-refractivity contribution >= 4 is 11.9 Å². The fraction of sp³-hybridized carbons (Fsp3) is 0.294. The predicted molar refractivity (Wildman–Crippen MR) is 80.5 cm³/mol. The Labute approximate surface area is 124 Å². The van der Waals surface area contributed by atoms with Gasteiger partial charge in [0.25, 0.3) is 5.91 Å². The second-order valence-corrected chi connectivity index (χ2v) is 5.83. The third-order valence-corrected chi connectivity index (χ3v) is 4.07. The van der Waals surface area contributed by atoms with E-state index in [0.29, 0.717) is 6.42 Å². The number of urea groups is 1. The molecule has 4 nitrogen and oxygen atoms in total. The third kappa shape index (κ3) is 2.27. The number of hydrogen-bond donors (Lipinski definition) is 1. The van der Waals surface area contributed by atoms with Gasteiger partial charge in [-0.1, -0.05) is 54.1 Å². The highest BCUT2D eigenvalue weighted by Gasteiger charge is 2.47. The van der Waals surface area contributed by atoms with E-state index < -0.39 is 11.6 Å². The summed E-state index contributed by atoms with van der Waals surface area (Å²) in [5.74, 6) is -0.256. The van der Waals surface area contributed by atoms with Crippen molar-refractivity contribution in [1.29, 1.82) is 0 Å². The SMILES string of the molecule is CC1=CC(C)(N2C(=O)NC(=O)C2c2ccccc2)CC=C1. The van der Waals surface area contributed by atoms with E-state index in [9.17, 15) is 9.59 Å². The van der Waals surface area contributed by atoms with Crippen molar-refractivity contribution < 1.29 is 9.59 Å². The second-order valence-electron chi connectivity index (χ2n) is 5.83. The molecule has 0 bridgehead atoms. The molecule has 2 atom stereocenters. The van der Waals surface area contributed by atoms with Gasteiger partial charge in [0.15, 0.2) is 0 Å². The highest BCUT2D eigenvalue weighted by atomic mass is 16.2. The number of rotatable bonds is 2. The molecular weight excluding hydrogens is 264 g/mol. The summed E-state index contributed by atoms with van der Waals surface area (Å²) in [7, 11) is 0. The normalized spacial score (nSPS) is 28.6. The van der Waals surface area contributed by atoms with Crippen molar-refractivity contribution in [2.24, 2.45) is 0 Å². The van der Waals surface area contributed by atoms with Gasteiger partial charge in [0.2, 0.25) is 0 Å². The van der Waals surface area contributed by atoms with Crippen LogP contribution in [0.3, 0.4) is 0 Å². The molecular formula is C17H18N2O2.